The van der Waals surface area contributed by atoms with E-state index in [0.29, 0.717) is 26.3 Å². The van der Waals surface area contributed by atoms with Crippen molar-refractivity contribution in [3.8, 4) is 0 Å². The van der Waals surface area contributed by atoms with Gasteiger partial charge in [-0.2, -0.15) is 0 Å². The van der Waals surface area contributed by atoms with Crippen LogP contribution < -0.4 is 10.6 Å². The van der Waals surface area contributed by atoms with Crippen LogP contribution in [-0.2, 0) is 22.5 Å². The highest BCUT2D eigenvalue weighted by molar-refractivity contribution is 5.73. The van der Waals surface area contributed by atoms with Gasteiger partial charge in [0.25, 0.3) is 0 Å². The number of ether oxygens (including phenoxy) is 2. The number of hydrogen-bond donors (Lipinski definition) is 2. The van der Waals surface area contributed by atoms with Gasteiger partial charge in [0.15, 0.2) is 0 Å². The Morgan fingerprint density at radius 3 is 2.95 bits per heavy atom. The number of hydrogen-bond acceptors (Lipinski definition) is 3. The summed E-state index contributed by atoms with van der Waals surface area (Å²) in [6.45, 7) is 2.17. The van der Waals surface area contributed by atoms with E-state index >= 15 is 0 Å². The van der Waals surface area contributed by atoms with Crippen molar-refractivity contribution in [3.05, 3.63) is 35.4 Å². The maximum Gasteiger partial charge on any atom is 0.314 e. The summed E-state index contributed by atoms with van der Waals surface area (Å²) in [7, 11) is 1.60. The summed E-state index contributed by atoms with van der Waals surface area (Å²) < 4.78 is 10.6. The molecule has 0 saturated heterocycles. The van der Waals surface area contributed by atoms with Crippen molar-refractivity contribution in [1.29, 1.82) is 0 Å². The first-order valence-corrected chi connectivity index (χ1v) is 6.48. The molecular formula is C14H20N2O3. The highest BCUT2D eigenvalue weighted by Gasteiger charge is 2.18. The Labute approximate surface area is 113 Å². The molecule has 5 nitrogen and oxygen atoms in total. The number of benzene rings is 1. The minimum Gasteiger partial charge on any atom is -0.383 e. The van der Waals surface area contributed by atoms with Crippen LogP contribution in [0.5, 0.6) is 0 Å². The number of carbonyl (C=O) groups excluding carboxylic acids is 1. The third kappa shape index (κ3) is 4.22. The smallest absolute Gasteiger partial charge is 0.314 e. The summed E-state index contributed by atoms with van der Waals surface area (Å²) in [6.07, 6.45) is 0.886. The van der Waals surface area contributed by atoms with Gasteiger partial charge in [-0.25, -0.2) is 4.79 Å². The Balaban J connectivity index is 1.72. The van der Waals surface area contributed by atoms with Crippen LogP contribution in [-0.4, -0.2) is 38.9 Å². The second-order valence-corrected chi connectivity index (χ2v) is 4.54. The van der Waals surface area contributed by atoms with Gasteiger partial charge >= 0.3 is 6.03 Å². The third-order valence-corrected chi connectivity index (χ3v) is 3.12. The molecule has 104 valence electrons. The summed E-state index contributed by atoms with van der Waals surface area (Å²) in [4.78, 5) is 11.5. The Morgan fingerprint density at radius 1 is 1.37 bits per heavy atom. The van der Waals surface area contributed by atoms with Crippen LogP contribution in [0.15, 0.2) is 24.3 Å². The summed E-state index contributed by atoms with van der Waals surface area (Å²) >= 11 is 0. The van der Waals surface area contributed by atoms with Crippen LogP contribution in [0.1, 0.15) is 11.1 Å². The number of amides is 2. The molecule has 1 aliphatic rings. The van der Waals surface area contributed by atoms with Gasteiger partial charge in [0.05, 0.1) is 19.3 Å². The molecule has 0 saturated carbocycles. The van der Waals surface area contributed by atoms with E-state index < -0.39 is 0 Å². The van der Waals surface area contributed by atoms with Crippen molar-refractivity contribution in [2.24, 2.45) is 0 Å². The van der Waals surface area contributed by atoms with Gasteiger partial charge in [-0.3, -0.25) is 0 Å². The van der Waals surface area contributed by atoms with Gasteiger partial charge < -0.3 is 20.1 Å². The van der Waals surface area contributed by atoms with Crippen molar-refractivity contribution in [3.63, 3.8) is 0 Å². The van der Waals surface area contributed by atoms with Gasteiger partial charge in [-0.15, -0.1) is 0 Å². The predicted octanol–water partition coefficient (Wildman–Crippen LogP) is 1.07. The lowest BCUT2D eigenvalue weighted by Crippen LogP contribution is -2.42. The summed E-state index contributed by atoms with van der Waals surface area (Å²) in [6, 6.07) is 8.07. The van der Waals surface area contributed by atoms with Gasteiger partial charge in [-0.05, 0) is 11.1 Å². The average Bonchev–Trinajstić information content (AvgIpc) is 2.45. The maximum atomic E-state index is 11.5. The lowest BCUT2D eigenvalue weighted by Gasteiger charge is -2.25. The molecule has 5 heteroatoms. The van der Waals surface area contributed by atoms with Crippen molar-refractivity contribution in [2.75, 3.05) is 26.8 Å². The Kier molecular flexibility index (Phi) is 5.18. The quantitative estimate of drug-likeness (QED) is 0.782. The lowest BCUT2D eigenvalue weighted by atomic mass is 9.99. The van der Waals surface area contributed by atoms with Crippen molar-refractivity contribution in [2.45, 2.75) is 19.1 Å². The summed E-state index contributed by atoms with van der Waals surface area (Å²) in [5.74, 6) is 0. The number of nitrogens with one attached hydrogen (secondary N) is 2. The first-order chi connectivity index (χ1) is 9.29. The first kappa shape index (κ1) is 13.8. The third-order valence-electron chi connectivity index (χ3n) is 3.12. The molecule has 2 amide bonds. The van der Waals surface area contributed by atoms with Crippen LogP contribution in [0.2, 0.25) is 0 Å². The number of urea groups is 1. The van der Waals surface area contributed by atoms with Crippen LogP contribution in [0.3, 0.4) is 0 Å². The van der Waals surface area contributed by atoms with Gasteiger partial charge in [0.1, 0.15) is 0 Å². The fourth-order valence-corrected chi connectivity index (χ4v) is 2.08. The zero-order valence-electron chi connectivity index (χ0n) is 11.1. The average molecular weight is 264 g/mol. The van der Waals surface area contributed by atoms with E-state index in [0.717, 1.165) is 6.42 Å². The van der Waals surface area contributed by atoms with Gasteiger partial charge in [0.2, 0.25) is 0 Å². The number of methoxy groups -OCH3 is 1. The molecule has 0 radical (unpaired) electrons. The lowest BCUT2D eigenvalue weighted by molar-refractivity contribution is 0.0305. The van der Waals surface area contributed by atoms with Crippen molar-refractivity contribution < 1.29 is 14.3 Å². The zero-order chi connectivity index (χ0) is 13.5. The van der Waals surface area contributed by atoms with E-state index in [1.54, 1.807) is 7.11 Å². The number of rotatable bonds is 5. The second-order valence-electron chi connectivity index (χ2n) is 4.54. The topological polar surface area (TPSA) is 59.6 Å². The van der Waals surface area contributed by atoms with Crippen molar-refractivity contribution >= 4 is 6.03 Å². The number of carbonyl (C=O) groups is 1. The fourth-order valence-electron chi connectivity index (χ4n) is 2.08. The van der Waals surface area contributed by atoms with Gasteiger partial charge in [-0.1, -0.05) is 24.3 Å². The first-order valence-electron chi connectivity index (χ1n) is 6.48. The molecule has 19 heavy (non-hydrogen) atoms. The maximum absolute atomic E-state index is 11.5. The molecule has 1 atom stereocenters. The largest absolute Gasteiger partial charge is 0.383 e. The normalized spacial score (nSPS) is 17.6. The zero-order valence-corrected chi connectivity index (χ0v) is 11.1. The molecule has 1 heterocycles. The van der Waals surface area contributed by atoms with E-state index in [9.17, 15) is 4.79 Å². The van der Waals surface area contributed by atoms with E-state index in [4.69, 9.17) is 9.47 Å². The monoisotopic (exact) mass is 264 g/mol. The minimum atomic E-state index is -0.181. The van der Waals surface area contributed by atoms with Crippen LogP contribution in [0.4, 0.5) is 4.79 Å². The highest BCUT2D eigenvalue weighted by atomic mass is 16.5. The van der Waals surface area contributed by atoms with Gasteiger partial charge in [0, 0.05) is 26.6 Å². The minimum absolute atomic E-state index is 0.0445. The van der Waals surface area contributed by atoms with Crippen LogP contribution >= 0.6 is 0 Å². The molecule has 0 fully saturated rings. The molecule has 2 rings (SSSR count). The molecular weight excluding hydrogens is 244 g/mol. The summed E-state index contributed by atoms with van der Waals surface area (Å²) in [5, 5.41) is 5.52. The fraction of sp³-hybridized carbons (Fsp3) is 0.500. The summed E-state index contributed by atoms with van der Waals surface area (Å²) in [5.41, 5.74) is 2.55. The van der Waals surface area contributed by atoms with Crippen LogP contribution in [0.25, 0.3) is 0 Å². The van der Waals surface area contributed by atoms with E-state index in [-0.39, 0.29) is 12.1 Å². The van der Waals surface area contributed by atoms with E-state index in [1.807, 2.05) is 12.1 Å². The molecule has 0 bridgehead atoms. The Hall–Kier alpha value is -1.59. The van der Waals surface area contributed by atoms with Crippen LogP contribution in [0, 0.1) is 0 Å². The highest BCUT2D eigenvalue weighted by Crippen LogP contribution is 2.19. The molecule has 1 aliphatic heterocycles. The molecule has 2 N–H and O–H groups in total. The van der Waals surface area contributed by atoms with E-state index in [2.05, 4.69) is 22.8 Å². The number of fused-ring (bicyclic) bond motifs is 1. The molecule has 0 aliphatic carbocycles. The SMILES string of the molecule is COCCNC(=O)NCC1Cc2ccccc2CO1. The predicted molar refractivity (Wildman–Crippen MR) is 72.0 cm³/mol. The molecule has 0 spiro atoms. The standard InChI is InChI=1S/C14H20N2O3/c1-18-7-6-15-14(17)16-9-13-8-11-4-2-3-5-12(11)10-19-13/h2-5,13H,6-10H2,1H3,(H2,15,16,17). The molecule has 1 aromatic rings. The van der Waals surface area contributed by atoms with E-state index in [1.165, 1.54) is 11.1 Å². The second kappa shape index (κ2) is 7.11. The molecule has 0 aromatic heterocycles. The Bertz CT molecular complexity index is 423. The molecule has 1 aromatic carbocycles. The Morgan fingerprint density at radius 2 is 2.16 bits per heavy atom. The molecule has 1 unspecified atom stereocenters. The van der Waals surface area contributed by atoms with Crippen molar-refractivity contribution in [1.82, 2.24) is 10.6 Å².